The van der Waals surface area contributed by atoms with E-state index in [4.69, 9.17) is 9.47 Å². The summed E-state index contributed by atoms with van der Waals surface area (Å²) in [6.45, 7) is 1.99. The normalized spacial score (nSPS) is 20.5. The predicted octanol–water partition coefficient (Wildman–Crippen LogP) is 2.39. The summed E-state index contributed by atoms with van der Waals surface area (Å²) >= 11 is 3.43. The second-order valence-electron chi connectivity index (χ2n) is 5.11. The number of methoxy groups -OCH3 is 1. The predicted molar refractivity (Wildman–Crippen MR) is 82.7 cm³/mol. The third kappa shape index (κ3) is 2.33. The van der Waals surface area contributed by atoms with Crippen LogP contribution in [-0.4, -0.2) is 25.7 Å². The highest BCUT2D eigenvalue weighted by molar-refractivity contribution is 9.10. The van der Waals surface area contributed by atoms with E-state index in [9.17, 15) is 9.59 Å². The molecule has 0 radical (unpaired) electrons. The lowest BCUT2D eigenvalue weighted by Gasteiger charge is -2.27. The van der Waals surface area contributed by atoms with Crippen LogP contribution < -0.4 is 5.32 Å². The molecule has 2 heterocycles. The average Bonchev–Trinajstić information content (AvgIpc) is 2.86. The molecule has 3 rings (SSSR count). The highest BCUT2D eigenvalue weighted by atomic mass is 79.9. The molecule has 0 saturated carbocycles. The van der Waals surface area contributed by atoms with Gasteiger partial charge in [-0.15, -0.1) is 0 Å². The molecular weight excluding hydrogens is 350 g/mol. The van der Waals surface area contributed by atoms with Crippen molar-refractivity contribution in [2.24, 2.45) is 0 Å². The van der Waals surface area contributed by atoms with E-state index in [0.717, 1.165) is 10.0 Å². The van der Waals surface area contributed by atoms with Gasteiger partial charge in [0.05, 0.1) is 29.9 Å². The number of hydrogen-bond acceptors (Lipinski definition) is 5. The van der Waals surface area contributed by atoms with E-state index in [2.05, 4.69) is 21.2 Å². The molecule has 0 aromatic heterocycles. The second kappa shape index (κ2) is 5.61. The molecule has 2 aliphatic heterocycles. The van der Waals surface area contributed by atoms with Crippen LogP contribution in [0.15, 0.2) is 51.3 Å². The van der Waals surface area contributed by atoms with Crippen molar-refractivity contribution >= 4 is 27.9 Å². The van der Waals surface area contributed by atoms with Crippen molar-refractivity contribution in [3.63, 3.8) is 0 Å². The highest BCUT2D eigenvalue weighted by Gasteiger charge is 2.41. The van der Waals surface area contributed by atoms with E-state index in [-0.39, 0.29) is 6.61 Å². The summed E-state index contributed by atoms with van der Waals surface area (Å²) < 4.78 is 10.9. The van der Waals surface area contributed by atoms with Crippen LogP contribution >= 0.6 is 15.9 Å². The third-order valence-electron chi connectivity index (χ3n) is 3.80. The van der Waals surface area contributed by atoms with Crippen LogP contribution in [0.1, 0.15) is 18.4 Å². The van der Waals surface area contributed by atoms with E-state index in [0.29, 0.717) is 22.5 Å². The third-order valence-corrected chi connectivity index (χ3v) is 4.29. The number of halogens is 1. The molecule has 1 aromatic rings. The number of dihydropyridines is 1. The first-order chi connectivity index (χ1) is 10.5. The van der Waals surface area contributed by atoms with Crippen molar-refractivity contribution in [1.29, 1.82) is 0 Å². The zero-order chi connectivity index (χ0) is 15.9. The minimum Gasteiger partial charge on any atom is -0.466 e. The van der Waals surface area contributed by atoms with Gasteiger partial charge in [-0.3, -0.25) is 0 Å². The number of benzene rings is 1. The second-order valence-corrected chi connectivity index (χ2v) is 6.03. The van der Waals surface area contributed by atoms with Crippen LogP contribution in [0.4, 0.5) is 0 Å². The van der Waals surface area contributed by atoms with E-state index in [1.807, 2.05) is 24.3 Å². The number of carbonyl (C=O) groups excluding carboxylic acids is 2. The van der Waals surface area contributed by atoms with E-state index < -0.39 is 17.9 Å². The molecular formula is C16H14BrNO4. The molecule has 22 heavy (non-hydrogen) atoms. The lowest BCUT2D eigenvalue weighted by molar-refractivity contribution is -0.136. The van der Waals surface area contributed by atoms with Gasteiger partial charge >= 0.3 is 11.9 Å². The van der Waals surface area contributed by atoms with Gasteiger partial charge in [-0.1, -0.05) is 28.1 Å². The summed E-state index contributed by atoms with van der Waals surface area (Å²) in [5.74, 6) is -1.35. The van der Waals surface area contributed by atoms with Gasteiger partial charge in [-0.05, 0) is 24.6 Å². The van der Waals surface area contributed by atoms with E-state index in [1.54, 1.807) is 6.92 Å². The van der Waals surface area contributed by atoms with Crippen LogP contribution in [0.3, 0.4) is 0 Å². The van der Waals surface area contributed by atoms with E-state index >= 15 is 0 Å². The molecule has 0 aliphatic carbocycles. The SMILES string of the molecule is COC(=O)C1=C(C)NC2=C(C(=O)OC2)C1c1cccc(Br)c1. The smallest absolute Gasteiger partial charge is 0.337 e. The largest absolute Gasteiger partial charge is 0.466 e. The number of cyclic esters (lactones) is 1. The maximum atomic E-state index is 12.2. The minimum absolute atomic E-state index is 0.199. The fraction of sp³-hybridized carbons (Fsp3) is 0.250. The first kappa shape index (κ1) is 14.8. The standard InChI is InChI=1S/C16H14BrNO4/c1-8-12(15(19)21-2)13(9-4-3-5-10(17)6-9)14-11(18-8)7-22-16(14)20/h3-6,13,18H,7H2,1-2H3. The van der Waals surface area contributed by atoms with Gasteiger partial charge in [-0.25, -0.2) is 9.59 Å². The molecule has 114 valence electrons. The Hall–Kier alpha value is -2.08. The minimum atomic E-state index is -0.490. The molecule has 1 atom stereocenters. The topological polar surface area (TPSA) is 64.6 Å². The molecule has 0 saturated heterocycles. The molecule has 5 nitrogen and oxygen atoms in total. The lowest BCUT2D eigenvalue weighted by atomic mass is 9.81. The maximum Gasteiger partial charge on any atom is 0.337 e. The molecule has 6 heteroatoms. The first-order valence-electron chi connectivity index (χ1n) is 6.74. The van der Waals surface area contributed by atoms with Gasteiger partial charge < -0.3 is 14.8 Å². The monoisotopic (exact) mass is 363 g/mol. The van der Waals surface area contributed by atoms with Gasteiger partial charge in [-0.2, -0.15) is 0 Å². The van der Waals surface area contributed by atoms with Crippen molar-refractivity contribution in [2.75, 3.05) is 13.7 Å². The Kier molecular flexibility index (Phi) is 3.78. The van der Waals surface area contributed by atoms with Crippen LogP contribution in [0.5, 0.6) is 0 Å². The molecule has 0 fully saturated rings. The first-order valence-corrected chi connectivity index (χ1v) is 7.54. The Bertz CT molecular complexity index is 735. The van der Waals surface area contributed by atoms with Crippen molar-refractivity contribution in [1.82, 2.24) is 5.32 Å². The molecule has 1 aromatic carbocycles. The highest BCUT2D eigenvalue weighted by Crippen LogP contribution is 2.41. The van der Waals surface area contributed by atoms with Crippen molar-refractivity contribution < 1.29 is 19.1 Å². The number of allylic oxidation sites excluding steroid dienone is 1. The molecule has 1 N–H and O–H groups in total. The number of esters is 2. The van der Waals surface area contributed by atoms with Crippen molar-refractivity contribution in [2.45, 2.75) is 12.8 Å². The number of hydrogen-bond donors (Lipinski definition) is 1. The summed E-state index contributed by atoms with van der Waals surface area (Å²) in [7, 11) is 1.33. The van der Waals surface area contributed by atoms with Gasteiger partial charge in [0, 0.05) is 10.2 Å². The van der Waals surface area contributed by atoms with E-state index in [1.165, 1.54) is 7.11 Å². The van der Waals surface area contributed by atoms with Crippen LogP contribution in [-0.2, 0) is 19.1 Å². The fourth-order valence-electron chi connectivity index (χ4n) is 2.87. The van der Waals surface area contributed by atoms with Crippen molar-refractivity contribution in [3.05, 3.63) is 56.8 Å². The molecule has 0 spiro atoms. The maximum absolute atomic E-state index is 12.2. The molecule has 0 bridgehead atoms. The summed E-state index contributed by atoms with van der Waals surface area (Å²) in [6.07, 6.45) is 0. The van der Waals surface area contributed by atoms with Crippen LogP contribution in [0.2, 0.25) is 0 Å². The molecule has 2 aliphatic rings. The number of ether oxygens (including phenoxy) is 2. The number of rotatable bonds is 2. The van der Waals surface area contributed by atoms with Gasteiger partial charge in [0.2, 0.25) is 0 Å². The van der Waals surface area contributed by atoms with Crippen LogP contribution in [0, 0.1) is 0 Å². The Balaban J connectivity index is 2.19. The van der Waals surface area contributed by atoms with Crippen LogP contribution in [0.25, 0.3) is 0 Å². The zero-order valence-corrected chi connectivity index (χ0v) is 13.7. The summed E-state index contributed by atoms with van der Waals surface area (Å²) in [4.78, 5) is 24.4. The summed E-state index contributed by atoms with van der Waals surface area (Å²) in [6, 6.07) is 7.53. The van der Waals surface area contributed by atoms with Gasteiger partial charge in [0.1, 0.15) is 6.61 Å². The Morgan fingerprint density at radius 1 is 1.45 bits per heavy atom. The fourth-order valence-corrected chi connectivity index (χ4v) is 3.28. The van der Waals surface area contributed by atoms with Gasteiger partial charge in [0.25, 0.3) is 0 Å². The Labute approximate surface area is 136 Å². The summed E-state index contributed by atoms with van der Waals surface area (Å²) in [5.41, 5.74) is 3.12. The molecule has 0 amide bonds. The zero-order valence-electron chi connectivity index (χ0n) is 12.1. The lowest BCUT2D eigenvalue weighted by Crippen LogP contribution is -2.29. The quantitative estimate of drug-likeness (QED) is 0.817. The average molecular weight is 364 g/mol. The Morgan fingerprint density at radius 2 is 2.23 bits per heavy atom. The van der Waals surface area contributed by atoms with Gasteiger partial charge in [0.15, 0.2) is 0 Å². The van der Waals surface area contributed by atoms with Crippen molar-refractivity contribution in [3.8, 4) is 0 Å². The Morgan fingerprint density at radius 3 is 2.91 bits per heavy atom. The number of carbonyl (C=O) groups is 2. The number of nitrogens with one attached hydrogen (secondary N) is 1. The molecule has 1 unspecified atom stereocenters. The summed E-state index contributed by atoms with van der Waals surface area (Å²) in [5, 5.41) is 3.09.